The minimum atomic E-state index is -1.32. The van der Waals surface area contributed by atoms with E-state index in [1.165, 1.54) is 23.7 Å². The average Bonchev–Trinajstić information content (AvgIpc) is 3.24. The molecule has 4 aliphatic rings. The van der Waals surface area contributed by atoms with Gasteiger partial charge in [0.15, 0.2) is 0 Å². The Morgan fingerprint density at radius 1 is 1.13 bits per heavy atom. The maximum atomic E-state index is 13.0. The first-order chi connectivity index (χ1) is 21.5. The second-order valence-electron chi connectivity index (χ2n) is 10.8. The van der Waals surface area contributed by atoms with Crippen LogP contribution in [0, 0.1) is 0 Å². The second kappa shape index (κ2) is 12.1. The lowest BCUT2D eigenvalue weighted by atomic mass is 9.96. The summed E-state index contributed by atoms with van der Waals surface area (Å²) in [6, 6.07) is 11.4. The van der Waals surface area contributed by atoms with Crippen LogP contribution in [0.5, 0.6) is 0 Å². The van der Waals surface area contributed by atoms with Crippen LogP contribution in [-0.4, -0.2) is 92.1 Å². The van der Waals surface area contributed by atoms with E-state index in [2.05, 4.69) is 16.1 Å². The third-order valence-electron chi connectivity index (χ3n) is 7.83. The molecule has 2 aromatic carbocycles. The number of carboxylic acid groups (broad SMARTS) is 1. The number of benzene rings is 2. The standard InChI is InChI=1S/C29H27ClN6O8S/c1-14(37)44-12-17-13-45-26-23(25(39)35(26)24(17)27(40)41)32-21(38)10-15-3-2-4-19(9-15)31-28(42)34-11-20-22(33-36(20)29(34)43)16-5-7-18(30)8-6-16/h2-9,20,22-23,26,33H,10-13H2,1H3,(H,31,42)(H,32,38)(H,40,41)/t20?,22?,23?,26-/m0/s1. The number of imide groups is 1. The Kier molecular flexibility index (Phi) is 8.16. The number of esters is 1. The van der Waals surface area contributed by atoms with Crippen LogP contribution in [0.4, 0.5) is 15.3 Å². The molecule has 6 rings (SSSR count). The van der Waals surface area contributed by atoms with E-state index in [9.17, 15) is 33.9 Å². The summed E-state index contributed by atoms with van der Waals surface area (Å²) in [7, 11) is 0. The topological polar surface area (TPSA) is 178 Å². The summed E-state index contributed by atoms with van der Waals surface area (Å²) in [6.07, 6.45) is -0.116. The lowest BCUT2D eigenvalue weighted by molar-refractivity contribution is -0.151. The number of carbonyl (C=O) groups excluding carboxylic acids is 5. The molecule has 0 aromatic heterocycles. The highest BCUT2D eigenvalue weighted by atomic mass is 35.5. The Bertz CT molecular complexity index is 1650. The van der Waals surface area contributed by atoms with Crippen LogP contribution < -0.4 is 16.1 Å². The minimum Gasteiger partial charge on any atom is -0.477 e. The number of halogens is 1. The fourth-order valence-corrected chi connectivity index (χ4v) is 7.11. The summed E-state index contributed by atoms with van der Waals surface area (Å²) in [4.78, 5) is 76.9. The maximum absolute atomic E-state index is 13.0. The van der Waals surface area contributed by atoms with Gasteiger partial charge in [0.2, 0.25) is 5.91 Å². The molecule has 234 valence electrons. The molecule has 6 amide bonds. The molecule has 4 aliphatic heterocycles. The predicted octanol–water partition coefficient (Wildman–Crippen LogP) is 2.08. The number of hydrogen-bond acceptors (Lipinski definition) is 9. The van der Waals surface area contributed by atoms with Crippen LogP contribution in [-0.2, 0) is 30.3 Å². The largest absolute Gasteiger partial charge is 0.477 e. The maximum Gasteiger partial charge on any atom is 0.352 e. The highest BCUT2D eigenvalue weighted by molar-refractivity contribution is 8.00. The van der Waals surface area contributed by atoms with Crippen LogP contribution in [0.25, 0.3) is 0 Å². The summed E-state index contributed by atoms with van der Waals surface area (Å²) in [6.45, 7) is 1.15. The molecule has 3 unspecified atom stereocenters. The van der Waals surface area contributed by atoms with Crippen LogP contribution in [0.3, 0.4) is 0 Å². The highest BCUT2D eigenvalue weighted by Crippen LogP contribution is 2.40. The molecule has 3 saturated heterocycles. The van der Waals surface area contributed by atoms with E-state index in [1.807, 2.05) is 12.1 Å². The van der Waals surface area contributed by atoms with E-state index in [0.717, 1.165) is 15.4 Å². The Balaban J connectivity index is 1.04. The molecule has 0 spiro atoms. The van der Waals surface area contributed by atoms with Crippen LogP contribution in [0.1, 0.15) is 24.1 Å². The van der Waals surface area contributed by atoms with Gasteiger partial charge >= 0.3 is 24.0 Å². The number of urea groups is 2. The first-order valence-corrected chi connectivity index (χ1v) is 15.3. The zero-order valence-corrected chi connectivity index (χ0v) is 25.3. The molecule has 14 nitrogen and oxygen atoms in total. The fraction of sp³-hybridized carbons (Fsp3) is 0.310. The van der Waals surface area contributed by atoms with Crippen molar-refractivity contribution in [3.8, 4) is 0 Å². The van der Waals surface area contributed by atoms with E-state index < -0.39 is 47.2 Å². The Hall–Kier alpha value is -4.60. The Morgan fingerprint density at radius 2 is 1.89 bits per heavy atom. The number of rotatable bonds is 8. The van der Waals surface area contributed by atoms with Crippen molar-refractivity contribution < 1.29 is 38.6 Å². The van der Waals surface area contributed by atoms with Gasteiger partial charge in [0.05, 0.1) is 25.0 Å². The van der Waals surface area contributed by atoms with E-state index >= 15 is 0 Å². The van der Waals surface area contributed by atoms with Crippen molar-refractivity contribution in [2.75, 3.05) is 24.2 Å². The first-order valence-electron chi connectivity index (χ1n) is 13.9. The number of ether oxygens (including phenoxy) is 1. The van der Waals surface area contributed by atoms with Gasteiger partial charge in [0.25, 0.3) is 5.91 Å². The molecular weight excluding hydrogens is 628 g/mol. The molecule has 0 saturated carbocycles. The molecule has 0 bridgehead atoms. The van der Waals surface area contributed by atoms with E-state index in [0.29, 0.717) is 21.8 Å². The van der Waals surface area contributed by atoms with Gasteiger partial charge in [-0.05, 0) is 35.4 Å². The molecule has 2 aromatic rings. The molecule has 3 fully saturated rings. The van der Waals surface area contributed by atoms with Crippen LogP contribution in [0.2, 0.25) is 5.02 Å². The van der Waals surface area contributed by atoms with Gasteiger partial charge in [0, 0.05) is 29.0 Å². The molecule has 0 radical (unpaired) electrons. The molecule has 4 atom stereocenters. The Morgan fingerprint density at radius 3 is 2.60 bits per heavy atom. The van der Waals surface area contributed by atoms with Gasteiger partial charge in [0.1, 0.15) is 23.7 Å². The van der Waals surface area contributed by atoms with Crippen molar-refractivity contribution in [3.63, 3.8) is 0 Å². The number of β-lactam (4-membered cyclic amide) rings is 1. The molecule has 45 heavy (non-hydrogen) atoms. The molecule has 4 heterocycles. The molecule has 4 N–H and O–H groups in total. The average molecular weight is 655 g/mol. The van der Waals surface area contributed by atoms with Crippen molar-refractivity contribution >= 4 is 64.9 Å². The van der Waals surface area contributed by atoms with Crippen molar-refractivity contribution in [2.45, 2.75) is 36.8 Å². The number of hydrogen-bond donors (Lipinski definition) is 4. The Labute approximate surface area is 265 Å². The summed E-state index contributed by atoms with van der Waals surface area (Å²) in [5.74, 6) is -2.72. The van der Waals surface area contributed by atoms with Gasteiger partial charge in [-0.25, -0.2) is 24.7 Å². The predicted molar refractivity (Wildman–Crippen MR) is 161 cm³/mol. The number of carboxylic acids is 1. The fourth-order valence-electron chi connectivity index (χ4n) is 5.66. The van der Waals surface area contributed by atoms with Crippen molar-refractivity contribution in [2.24, 2.45) is 0 Å². The lowest BCUT2D eigenvalue weighted by Crippen LogP contribution is -2.70. The van der Waals surface area contributed by atoms with E-state index in [4.69, 9.17) is 16.3 Å². The number of carbonyl (C=O) groups is 6. The smallest absolute Gasteiger partial charge is 0.352 e. The number of anilines is 1. The summed E-state index contributed by atoms with van der Waals surface area (Å²) in [5, 5.41) is 16.5. The quantitative estimate of drug-likeness (QED) is 0.243. The number of aliphatic carboxylic acids is 1. The summed E-state index contributed by atoms with van der Waals surface area (Å²) >= 11 is 7.24. The SMILES string of the molecule is CC(=O)OCC1=C(C(=O)O)N2C(=O)C(NC(=O)Cc3cccc(NC(=O)N4CC5C(c6ccc(Cl)cc6)NN5C4=O)c3)[C@@H]2SC1. The molecular formula is C29H27ClN6O8S. The first kappa shape index (κ1) is 30.4. The second-order valence-corrected chi connectivity index (χ2v) is 12.3. The molecule has 16 heteroatoms. The zero-order valence-electron chi connectivity index (χ0n) is 23.7. The minimum absolute atomic E-state index is 0.116. The summed E-state index contributed by atoms with van der Waals surface area (Å²) < 4.78 is 4.93. The van der Waals surface area contributed by atoms with Gasteiger partial charge in [-0.2, -0.15) is 0 Å². The van der Waals surface area contributed by atoms with Crippen molar-refractivity contribution in [1.82, 2.24) is 25.6 Å². The number of hydrazine groups is 1. The zero-order chi connectivity index (χ0) is 32.0. The monoisotopic (exact) mass is 654 g/mol. The number of fused-ring (bicyclic) bond motifs is 2. The normalized spacial score (nSPS) is 23.5. The summed E-state index contributed by atoms with van der Waals surface area (Å²) in [5.41, 5.74) is 4.99. The number of nitrogens with one attached hydrogen (secondary N) is 3. The number of thioether (sulfide) groups is 1. The van der Waals surface area contributed by atoms with Gasteiger partial charge in [-0.15, -0.1) is 11.8 Å². The van der Waals surface area contributed by atoms with E-state index in [1.54, 1.807) is 36.4 Å². The van der Waals surface area contributed by atoms with Crippen LogP contribution in [0.15, 0.2) is 59.8 Å². The number of nitrogens with zero attached hydrogens (tertiary/aromatic N) is 3. The van der Waals surface area contributed by atoms with Gasteiger partial charge in [-0.1, -0.05) is 35.9 Å². The lowest BCUT2D eigenvalue weighted by Gasteiger charge is -2.49. The third-order valence-corrected chi connectivity index (χ3v) is 9.43. The number of amides is 6. The van der Waals surface area contributed by atoms with Crippen molar-refractivity contribution in [3.05, 3.63) is 76.0 Å². The van der Waals surface area contributed by atoms with Crippen molar-refractivity contribution in [1.29, 1.82) is 0 Å². The third kappa shape index (κ3) is 5.81. The van der Waals surface area contributed by atoms with Crippen LogP contribution >= 0.6 is 23.4 Å². The van der Waals surface area contributed by atoms with Gasteiger partial charge < -0.3 is 20.5 Å². The molecule has 0 aliphatic carbocycles. The highest BCUT2D eigenvalue weighted by Gasteiger charge is 2.54. The van der Waals surface area contributed by atoms with Gasteiger partial charge in [-0.3, -0.25) is 24.3 Å². The van der Waals surface area contributed by atoms with E-state index in [-0.39, 0.29) is 43.1 Å².